The second kappa shape index (κ2) is 18.0. The minimum atomic E-state index is -0.708. The van der Waals surface area contributed by atoms with Crippen molar-refractivity contribution in [3.8, 4) is 33.6 Å². The van der Waals surface area contributed by atoms with Crippen LogP contribution in [0, 0.1) is 11.8 Å². The van der Waals surface area contributed by atoms with Crippen molar-refractivity contribution in [1.29, 1.82) is 0 Å². The molecule has 4 unspecified atom stereocenters. The van der Waals surface area contributed by atoms with E-state index in [1.54, 1.807) is 0 Å². The quantitative estimate of drug-likeness (QED) is 0.101. The van der Waals surface area contributed by atoms with Gasteiger partial charge in [-0.3, -0.25) is 9.59 Å². The van der Waals surface area contributed by atoms with Crippen molar-refractivity contribution in [2.24, 2.45) is 11.8 Å². The summed E-state index contributed by atoms with van der Waals surface area (Å²) < 4.78 is 9.73. The molecule has 3 aliphatic rings. The molecule has 14 heteroatoms. The zero-order valence-electron chi connectivity index (χ0n) is 36.6. The Morgan fingerprint density at radius 2 is 1.14 bits per heavy atom. The first kappa shape index (κ1) is 42.3. The maximum absolute atomic E-state index is 14.3. The number of methoxy groups -OCH3 is 2. The van der Waals surface area contributed by atoms with Gasteiger partial charge in [0.1, 0.15) is 23.7 Å². The number of benzene rings is 4. The lowest BCUT2D eigenvalue weighted by Gasteiger charge is -2.31. The number of hydrogen-bond donors (Lipinski definition) is 4. The molecule has 64 heavy (non-hydrogen) atoms. The number of amides is 4. The van der Waals surface area contributed by atoms with Crippen molar-refractivity contribution in [2.45, 2.75) is 76.5 Å². The summed E-state index contributed by atoms with van der Waals surface area (Å²) in [6.07, 6.45) is 7.11. The summed E-state index contributed by atoms with van der Waals surface area (Å²) in [6.45, 7) is 5.00. The largest absolute Gasteiger partial charge is 0.453 e. The summed E-state index contributed by atoms with van der Waals surface area (Å²) in [5, 5.41) is 7.78. The molecule has 4 aromatic carbocycles. The summed E-state index contributed by atoms with van der Waals surface area (Å²) in [5.41, 5.74) is 8.31. The SMILES string of the molecule is COC(=O)NC(C(=O)N1CCCC1c1ncc(-c2ccc3cc(-c4ccc(-c5cnc(C6CCCN6C(=O)C(NC(=O)OC)C6Cc7ccccc7C6)[nH]5)cc4)ccc3c2)[nH]1)C(C)C. The maximum atomic E-state index is 14.3. The Balaban J connectivity index is 0.865. The Hall–Kier alpha value is -6.96. The third kappa shape index (κ3) is 8.44. The van der Waals surface area contributed by atoms with Gasteiger partial charge >= 0.3 is 12.2 Å². The molecule has 2 aromatic heterocycles. The molecule has 0 bridgehead atoms. The lowest BCUT2D eigenvalue weighted by Crippen LogP contribution is -2.52. The van der Waals surface area contributed by atoms with Crippen molar-refractivity contribution in [2.75, 3.05) is 27.3 Å². The molecule has 2 fully saturated rings. The van der Waals surface area contributed by atoms with Crippen LogP contribution in [0.2, 0.25) is 0 Å². The third-order valence-electron chi connectivity index (χ3n) is 13.2. The van der Waals surface area contributed by atoms with E-state index in [1.165, 1.54) is 25.3 Å². The highest BCUT2D eigenvalue weighted by atomic mass is 16.5. The van der Waals surface area contributed by atoms with Gasteiger partial charge in [-0.15, -0.1) is 0 Å². The van der Waals surface area contributed by atoms with E-state index in [1.807, 2.05) is 48.2 Å². The van der Waals surface area contributed by atoms with Crippen LogP contribution < -0.4 is 10.6 Å². The number of carbonyl (C=O) groups is 4. The topological polar surface area (TPSA) is 175 Å². The van der Waals surface area contributed by atoms with Crippen LogP contribution in [0.1, 0.15) is 74.4 Å². The highest BCUT2D eigenvalue weighted by Gasteiger charge is 2.42. The fourth-order valence-corrected chi connectivity index (χ4v) is 9.82. The normalized spacial score (nSPS) is 18.3. The van der Waals surface area contributed by atoms with Crippen LogP contribution in [0.5, 0.6) is 0 Å². The van der Waals surface area contributed by atoms with E-state index in [0.29, 0.717) is 13.1 Å². The fraction of sp³-hybridized carbons (Fsp3) is 0.360. The number of alkyl carbamates (subject to hydrolysis) is 2. The average Bonchev–Trinajstić information content (AvgIpc) is 4.18. The Bertz CT molecular complexity index is 2660. The number of H-pyrrole nitrogens is 2. The van der Waals surface area contributed by atoms with Crippen molar-refractivity contribution in [3.05, 3.63) is 120 Å². The van der Waals surface area contributed by atoms with Crippen LogP contribution in [0.15, 0.2) is 97.3 Å². The smallest absolute Gasteiger partial charge is 0.407 e. The first-order valence-corrected chi connectivity index (χ1v) is 22.2. The van der Waals surface area contributed by atoms with Gasteiger partial charge < -0.3 is 39.9 Å². The van der Waals surface area contributed by atoms with Crippen molar-refractivity contribution < 1.29 is 28.7 Å². The Kier molecular flexibility index (Phi) is 11.9. The van der Waals surface area contributed by atoms with Crippen LogP contribution in [-0.4, -0.2) is 93.1 Å². The lowest BCUT2D eigenvalue weighted by atomic mass is 9.95. The van der Waals surface area contributed by atoms with E-state index in [2.05, 4.69) is 93.4 Å². The molecule has 9 rings (SSSR count). The van der Waals surface area contributed by atoms with Gasteiger partial charge in [0.2, 0.25) is 11.8 Å². The Morgan fingerprint density at radius 1 is 0.641 bits per heavy atom. The molecule has 0 spiro atoms. The number of imidazole rings is 2. The van der Waals surface area contributed by atoms with E-state index < -0.39 is 24.3 Å². The molecule has 14 nitrogen and oxygen atoms in total. The average molecular weight is 863 g/mol. The van der Waals surface area contributed by atoms with Crippen LogP contribution in [0.3, 0.4) is 0 Å². The van der Waals surface area contributed by atoms with Gasteiger partial charge in [0.25, 0.3) is 0 Å². The second-order valence-electron chi connectivity index (χ2n) is 17.5. The zero-order chi connectivity index (χ0) is 44.5. The van der Waals surface area contributed by atoms with Gasteiger partial charge in [-0.1, -0.05) is 86.6 Å². The van der Waals surface area contributed by atoms with Crippen LogP contribution in [0.25, 0.3) is 44.4 Å². The van der Waals surface area contributed by atoms with Gasteiger partial charge in [0.05, 0.1) is 50.1 Å². The third-order valence-corrected chi connectivity index (χ3v) is 13.2. The first-order valence-electron chi connectivity index (χ1n) is 22.2. The summed E-state index contributed by atoms with van der Waals surface area (Å²) >= 11 is 0. The van der Waals surface area contributed by atoms with Crippen molar-refractivity contribution in [3.63, 3.8) is 0 Å². The summed E-state index contributed by atoms with van der Waals surface area (Å²) in [5.74, 6) is 1.04. The zero-order valence-corrected chi connectivity index (χ0v) is 36.6. The molecule has 0 radical (unpaired) electrons. The second-order valence-corrected chi connectivity index (χ2v) is 17.5. The Labute approximate surface area is 372 Å². The number of rotatable bonds is 11. The molecule has 330 valence electrons. The number of carbonyl (C=O) groups excluding carboxylic acids is 4. The molecular formula is C50H54N8O6. The van der Waals surface area contributed by atoms with E-state index in [0.717, 1.165) is 94.6 Å². The highest BCUT2D eigenvalue weighted by molar-refractivity contribution is 5.91. The standard InChI is InChI=1S/C50H54N8O6/c1-29(2)43(55-49(61)63-3)47(59)57-21-7-11-41(57)46-52-28-40(54-46)37-20-19-35-23-34(17-18-36(35)24-37)30-13-15-31(16-14-30)39-27-51-45(53-39)42-12-8-22-58(42)48(60)44(56-50(62)64-4)38-25-32-9-5-6-10-33(32)26-38/h5-6,9-10,13-20,23-24,27-29,38,41-44H,7-8,11-12,21-22,25-26H2,1-4H3,(H,51,53)(H,52,54)(H,55,61)(H,56,62). The van der Waals surface area contributed by atoms with E-state index in [4.69, 9.17) is 19.4 Å². The number of aromatic nitrogens is 4. The van der Waals surface area contributed by atoms with Gasteiger partial charge in [0.15, 0.2) is 0 Å². The van der Waals surface area contributed by atoms with Crippen LogP contribution >= 0.6 is 0 Å². The summed E-state index contributed by atoms with van der Waals surface area (Å²) in [4.78, 5) is 72.5. The molecule has 0 saturated carbocycles. The van der Waals surface area contributed by atoms with E-state index in [9.17, 15) is 19.2 Å². The number of aromatic amines is 2. The van der Waals surface area contributed by atoms with Crippen molar-refractivity contribution in [1.82, 2.24) is 40.4 Å². The van der Waals surface area contributed by atoms with Gasteiger partial charge in [-0.2, -0.15) is 0 Å². The number of ether oxygens (including phenoxy) is 2. The molecular weight excluding hydrogens is 809 g/mol. The number of fused-ring (bicyclic) bond motifs is 2. The molecule has 1 aliphatic carbocycles. The molecule has 4 N–H and O–H groups in total. The number of nitrogens with zero attached hydrogens (tertiary/aromatic N) is 4. The maximum Gasteiger partial charge on any atom is 0.407 e. The monoisotopic (exact) mass is 862 g/mol. The van der Waals surface area contributed by atoms with Gasteiger partial charge in [-0.25, -0.2) is 19.6 Å². The van der Waals surface area contributed by atoms with Crippen LogP contribution in [-0.2, 0) is 31.9 Å². The Morgan fingerprint density at radius 3 is 1.72 bits per heavy atom. The number of likely N-dealkylation sites (tertiary alicyclic amines) is 2. The van der Waals surface area contributed by atoms with Crippen LogP contribution in [0.4, 0.5) is 9.59 Å². The number of nitrogens with one attached hydrogen (secondary N) is 4. The lowest BCUT2D eigenvalue weighted by molar-refractivity contribution is -0.136. The van der Waals surface area contributed by atoms with Gasteiger partial charge in [0, 0.05) is 18.7 Å². The molecule has 4 amide bonds. The van der Waals surface area contributed by atoms with Gasteiger partial charge in [-0.05, 0) is 101 Å². The molecule has 4 atom stereocenters. The molecule has 2 aliphatic heterocycles. The predicted octanol–water partition coefficient (Wildman–Crippen LogP) is 8.13. The number of hydrogen-bond acceptors (Lipinski definition) is 8. The first-order chi connectivity index (χ1) is 31.1. The molecule has 2 saturated heterocycles. The highest BCUT2D eigenvalue weighted by Crippen LogP contribution is 2.37. The fourth-order valence-electron chi connectivity index (χ4n) is 9.82. The predicted molar refractivity (Wildman–Crippen MR) is 243 cm³/mol. The molecule has 4 heterocycles. The minimum Gasteiger partial charge on any atom is -0.453 e. The molecule has 6 aromatic rings. The van der Waals surface area contributed by atoms with E-state index in [-0.39, 0.29) is 35.7 Å². The minimum absolute atomic E-state index is 0.0647. The van der Waals surface area contributed by atoms with E-state index >= 15 is 0 Å². The van der Waals surface area contributed by atoms with Crippen molar-refractivity contribution >= 4 is 34.8 Å². The summed E-state index contributed by atoms with van der Waals surface area (Å²) in [6, 6.07) is 27.5. The summed E-state index contributed by atoms with van der Waals surface area (Å²) in [7, 11) is 2.62.